The molecule has 3 unspecified atom stereocenters. The number of hydrogen-bond acceptors (Lipinski definition) is 2. The van der Waals surface area contributed by atoms with E-state index in [9.17, 15) is 4.79 Å². The van der Waals surface area contributed by atoms with Crippen LogP contribution in [-0.4, -0.2) is 17.7 Å². The summed E-state index contributed by atoms with van der Waals surface area (Å²) in [5, 5.41) is 4.04. The van der Waals surface area contributed by atoms with Crippen molar-refractivity contribution in [3.8, 4) is 0 Å². The van der Waals surface area contributed by atoms with Gasteiger partial charge < -0.3 is 5.32 Å². The average Bonchev–Trinajstić information content (AvgIpc) is 2.50. The van der Waals surface area contributed by atoms with Crippen molar-refractivity contribution >= 4 is 29.3 Å². The van der Waals surface area contributed by atoms with Crippen LogP contribution in [0.2, 0.25) is 5.02 Å². The predicted molar refractivity (Wildman–Crippen MR) is 96.3 cm³/mol. The first-order chi connectivity index (χ1) is 10.6. The third-order valence-electron chi connectivity index (χ3n) is 4.74. The first-order valence-electron chi connectivity index (χ1n) is 8.18. The van der Waals surface area contributed by atoms with Crippen molar-refractivity contribution in [2.24, 2.45) is 11.8 Å². The van der Waals surface area contributed by atoms with Crippen molar-refractivity contribution in [3.05, 3.63) is 34.9 Å². The number of hydrogen-bond donors (Lipinski definition) is 1. The molecule has 1 aromatic carbocycles. The molecule has 0 aromatic heterocycles. The van der Waals surface area contributed by atoms with Gasteiger partial charge in [-0.2, -0.15) is 11.8 Å². The van der Waals surface area contributed by atoms with E-state index in [1.807, 2.05) is 24.3 Å². The van der Waals surface area contributed by atoms with Crippen molar-refractivity contribution in [2.75, 3.05) is 5.75 Å². The zero-order chi connectivity index (χ0) is 15.9. The van der Waals surface area contributed by atoms with Crippen LogP contribution in [0, 0.1) is 11.8 Å². The zero-order valence-corrected chi connectivity index (χ0v) is 15.1. The van der Waals surface area contributed by atoms with Gasteiger partial charge in [-0.25, -0.2) is 0 Å². The predicted octanol–water partition coefficient (Wildman–Crippen LogP) is 4.90. The highest BCUT2D eigenvalue weighted by molar-refractivity contribution is 7.98. The molecule has 122 valence electrons. The van der Waals surface area contributed by atoms with Crippen LogP contribution < -0.4 is 5.32 Å². The molecule has 0 aliphatic heterocycles. The van der Waals surface area contributed by atoms with Gasteiger partial charge in [-0.15, -0.1) is 0 Å². The molecular weight excluding hydrogens is 314 g/mol. The molecule has 0 radical (unpaired) electrons. The summed E-state index contributed by atoms with van der Waals surface area (Å²) in [6.07, 6.45) is 4.25. The second kappa shape index (κ2) is 8.83. The summed E-state index contributed by atoms with van der Waals surface area (Å²) < 4.78 is 0. The summed E-state index contributed by atoms with van der Waals surface area (Å²) in [5.41, 5.74) is 1.14. The van der Waals surface area contributed by atoms with E-state index in [0.717, 1.165) is 28.5 Å². The van der Waals surface area contributed by atoms with Gasteiger partial charge in [-0.3, -0.25) is 4.79 Å². The van der Waals surface area contributed by atoms with E-state index >= 15 is 0 Å². The fourth-order valence-corrected chi connectivity index (χ4v) is 4.25. The van der Waals surface area contributed by atoms with Gasteiger partial charge in [0.15, 0.2) is 0 Å². The Labute approximate surface area is 143 Å². The number of amides is 1. The number of carbonyl (C=O) groups is 1. The molecular formula is C18H26ClNOS. The molecule has 1 aliphatic rings. The van der Waals surface area contributed by atoms with Crippen molar-refractivity contribution in [2.45, 2.75) is 51.3 Å². The standard InChI is InChI=1S/C18H26ClNOS/c1-13-6-5-9-17(14(13)2)20-18(21)10-11-22-12-15-7-3-4-8-16(15)19/h3-4,7-8,13-14,17H,5-6,9-12H2,1-2H3,(H,20,21). The SMILES string of the molecule is CC1CCCC(NC(=O)CCSCc2ccccc2Cl)C1C. The summed E-state index contributed by atoms with van der Waals surface area (Å²) in [4.78, 5) is 12.1. The molecule has 1 amide bonds. The van der Waals surface area contributed by atoms with Gasteiger partial charge in [0.2, 0.25) is 5.91 Å². The summed E-state index contributed by atoms with van der Waals surface area (Å²) in [6.45, 7) is 4.56. The Balaban J connectivity index is 1.67. The Kier molecular flexibility index (Phi) is 7.10. The number of rotatable bonds is 6. The molecule has 1 fully saturated rings. The molecule has 0 heterocycles. The first-order valence-corrected chi connectivity index (χ1v) is 9.71. The van der Waals surface area contributed by atoms with E-state index in [4.69, 9.17) is 11.6 Å². The normalized spacial score (nSPS) is 25.0. The van der Waals surface area contributed by atoms with Crippen molar-refractivity contribution in [1.29, 1.82) is 0 Å². The number of halogens is 1. The van der Waals surface area contributed by atoms with Crippen LogP contribution in [-0.2, 0) is 10.5 Å². The van der Waals surface area contributed by atoms with E-state index in [-0.39, 0.29) is 5.91 Å². The maximum absolute atomic E-state index is 12.1. The summed E-state index contributed by atoms with van der Waals surface area (Å²) in [5.74, 6) is 3.21. The first kappa shape index (κ1) is 17.7. The van der Waals surface area contributed by atoms with E-state index in [2.05, 4.69) is 19.2 Å². The second-order valence-corrected chi connectivity index (χ2v) is 7.85. The number of thioether (sulfide) groups is 1. The molecule has 1 aromatic rings. The van der Waals surface area contributed by atoms with Gasteiger partial charge in [0.1, 0.15) is 0 Å². The largest absolute Gasteiger partial charge is 0.353 e. The molecule has 22 heavy (non-hydrogen) atoms. The lowest BCUT2D eigenvalue weighted by atomic mass is 9.78. The third kappa shape index (κ3) is 5.20. The highest BCUT2D eigenvalue weighted by atomic mass is 35.5. The summed E-state index contributed by atoms with van der Waals surface area (Å²) >= 11 is 7.90. The smallest absolute Gasteiger partial charge is 0.221 e. The molecule has 0 spiro atoms. The highest BCUT2D eigenvalue weighted by Gasteiger charge is 2.27. The van der Waals surface area contributed by atoms with E-state index in [1.54, 1.807) is 11.8 Å². The second-order valence-electron chi connectivity index (χ2n) is 6.34. The molecule has 1 N–H and O–H groups in total. The van der Waals surface area contributed by atoms with Crippen LogP contribution >= 0.6 is 23.4 Å². The molecule has 1 saturated carbocycles. The van der Waals surface area contributed by atoms with Crippen LogP contribution in [0.1, 0.15) is 45.1 Å². The Morgan fingerprint density at radius 2 is 2.09 bits per heavy atom. The molecule has 4 heteroatoms. The van der Waals surface area contributed by atoms with Crippen molar-refractivity contribution < 1.29 is 4.79 Å². The maximum atomic E-state index is 12.1. The van der Waals surface area contributed by atoms with Gasteiger partial charge >= 0.3 is 0 Å². The van der Waals surface area contributed by atoms with Crippen LogP contribution in [0.15, 0.2) is 24.3 Å². The third-order valence-corrected chi connectivity index (χ3v) is 6.12. The lowest BCUT2D eigenvalue weighted by Gasteiger charge is -2.34. The summed E-state index contributed by atoms with van der Waals surface area (Å²) in [7, 11) is 0. The molecule has 2 nitrogen and oxygen atoms in total. The molecule has 0 saturated heterocycles. The quantitative estimate of drug-likeness (QED) is 0.746. The fraction of sp³-hybridized carbons (Fsp3) is 0.611. The molecule has 1 aliphatic carbocycles. The van der Waals surface area contributed by atoms with E-state index in [1.165, 1.54) is 12.8 Å². The van der Waals surface area contributed by atoms with E-state index in [0.29, 0.717) is 24.3 Å². The lowest BCUT2D eigenvalue weighted by molar-refractivity contribution is -0.122. The van der Waals surface area contributed by atoms with Crippen LogP contribution in [0.5, 0.6) is 0 Å². The number of benzene rings is 1. The molecule has 3 atom stereocenters. The Morgan fingerprint density at radius 3 is 2.86 bits per heavy atom. The van der Waals surface area contributed by atoms with Crippen LogP contribution in [0.3, 0.4) is 0 Å². The van der Waals surface area contributed by atoms with E-state index < -0.39 is 0 Å². The van der Waals surface area contributed by atoms with Crippen molar-refractivity contribution in [3.63, 3.8) is 0 Å². The topological polar surface area (TPSA) is 29.1 Å². The van der Waals surface area contributed by atoms with Gasteiger partial charge in [-0.05, 0) is 29.9 Å². The minimum atomic E-state index is 0.192. The Bertz CT molecular complexity index is 494. The minimum Gasteiger partial charge on any atom is -0.353 e. The van der Waals surface area contributed by atoms with Gasteiger partial charge in [0.25, 0.3) is 0 Å². The monoisotopic (exact) mass is 339 g/mol. The van der Waals surface area contributed by atoms with Crippen LogP contribution in [0.4, 0.5) is 0 Å². The van der Waals surface area contributed by atoms with Crippen molar-refractivity contribution in [1.82, 2.24) is 5.32 Å². The Hall–Kier alpha value is -0.670. The zero-order valence-electron chi connectivity index (χ0n) is 13.5. The number of carbonyl (C=O) groups excluding carboxylic acids is 1. The van der Waals surface area contributed by atoms with Gasteiger partial charge in [0, 0.05) is 29.0 Å². The maximum Gasteiger partial charge on any atom is 0.221 e. The minimum absolute atomic E-state index is 0.192. The van der Waals surface area contributed by atoms with Crippen LogP contribution in [0.25, 0.3) is 0 Å². The lowest BCUT2D eigenvalue weighted by Crippen LogP contribution is -2.43. The average molecular weight is 340 g/mol. The molecule has 0 bridgehead atoms. The summed E-state index contributed by atoms with van der Waals surface area (Å²) in [6, 6.07) is 8.26. The van der Waals surface area contributed by atoms with Gasteiger partial charge in [-0.1, -0.05) is 56.5 Å². The van der Waals surface area contributed by atoms with Gasteiger partial charge in [0.05, 0.1) is 0 Å². The molecule has 2 rings (SSSR count). The highest BCUT2D eigenvalue weighted by Crippen LogP contribution is 2.29. The number of nitrogens with one attached hydrogen (secondary N) is 1. The Morgan fingerprint density at radius 1 is 1.32 bits per heavy atom. The fourth-order valence-electron chi connectivity index (χ4n) is 3.03.